The third-order valence-corrected chi connectivity index (χ3v) is 5.53. The lowest BCUT2D eigenvalue weighted by Gasteiger charge is -2.29. The van der Waals surface area contributed by atoms with Crippen molar-refractivity contribution in [2.75, 3.05) is 6.54 Å². The lowest BCUT2D eigenvalue weighted by atomic mass is 10.1. The Morgan fingerprint density at radius 3 is 2.38 bits per heavy atom. The first kappa shape index (κ1) is 23.2. The van der Waals surface area contributed by atoms with Crippen LogP contribution in [0, 0.1) is 6.92 Å². The summed E-state index contributed by atoms with van der Waals surface area (Å²) in [6.07, 6.45) is 2.09. The highest BCUT2D eigenvalue weighted by molar-refractivity contribution is 6.36. The second-order valence-corrected chi connectivity index (χ2v) is 8.02. The molecule has 0 heterocycles. The van der Waals surface area contributed by atoms with Crippen molar-refractivity contribution in [3.05, 3.63) is 69.2 Å². The Morgan fingerprint density at radius 1 is 1.10 bits per heavy atom. The van der Waals surface area contributed by atoms with Crippen LogP contribution in [0.4, 0.5) is 0 Å². The Balaban J connectivity index is 2.26. The Kier molecular flexibility index (Phi) is 8.99. The molecule has 4 nitrogen and oxygen atoms in total. The van der Waals surface area contributed by atoms with Crippen LogP contribution in [-0.2, 0) is 22.6 Å². The number of carbonyl (C=O) groups excluding carboxylic acids is 2. The minimum absolute atomic E-state index is 0.148. The molecule has 0 radical (unpaired) electrons. The molecule has 2 amide bonds. The van der Waals surface area contributed by atoms with Gasteiger partial charge in [0.25, 0.3) is 0 Å². The Morgan fingerprint density at radius 2 is 1.76 bits per heavy atom. The molecule has 0 saturated carbocycles. The molecule has 0 aliphatic heterocycles. The van der Waals surface area contributed by atoms with Gasteiger partial charge < -0.3 is 10.2 Å². The van der Waals surface area contributed by atoms with E-state index in [1.165, 1.54) is 0 Å². The number of carbonyl (C=O) groups is 2. The van der Waals surface area contributed by atoms with E-state index in [1.807, 2.05) is 31.2 Å². The van der Waals surface area contributed by atoms with Gasteiger partial charge >= 0.3 is 0 Å². The van der Waals surface area contributed by atoms with Gasteiger partial charge in [-0.15, -0.1) is 0 Å². The zero-order valence-electron chi connectivity index (χ0n) is 17.2. The van der Waals surface area contributed by atoms with E-state index in [4.69, 9.17) is 23.2 Å². The number of hydrogen-bond acceptors (Lipinski definition) is 2. The average molecular weight is 435 g/mol. The highest BCUT2D eigenvalue weighted by atomic mass is 35.5. The van der Waals surface area contributed by atoms with E-state index in [1.54, 1.807) is 30.0 Å². The molecule has 0 aliphatic rings. The van der Waals surface area contributed by atoms with Gasteiger partial charge in [0, 0.05) is 28.7 Å². The molecule has 2 aromatic carbocycles. The van der Waals surface area contributed by atoms with Crippen molar-refractivity contribution in [3.63, 3.8) is 0 Å². The Bertz CT molecular complexity index is 834. The van der Waals surface area contributed by atoms with E-state index in [0.717, 1.165) is 24.0 Å². The lowest BCUT2D eigenvalue weighted by molar-refractivity contribution is -0.140. The molecule has 0 aromatic heterocycles. The molecule has 1 atom stereocenters. The number of benzene rings is 2. The van der Waals surface area contributed by atoms with Crippen LogP contribution < -0.4 is 5.32 Å². The molecule has 2 rings (SSSR count). The molecule has 0 fully saturated rings. The maximum Gasteiger partial charge on any atom is 0.242 e. The highest BCUT2D eigenvalue weighted by Gasteiger charge is 2.27. The molecule has 29 heavy (non-hydrogen) atoms. The van der Waals surface area contributed by atoms with Crippen LogP contribution in [0.3, 0.4) is 0 Å². The van der Waals surface area contributed by atoms with E-state index < -0.39 is 6.04 Å². The fourth-order valence-corrected chi connectivity index (χ4v) is 3.59. The summed E-state index contributed by atoms with van der Waals surface area (Å²) in [5.74, 6) is -0.330. The number of rotatable bonds is 9. The van der Waals surface area contributed by atoms with Crippen molar-refractivity contribution >= 4 is 35.0 Å². The quantitative estimate of drug-likeness (QED) is 0.552. The van der Waals surface area contributed by atoms with Crippen molar-refractivity contribution in [1.82, 2.24) is 10.2 Å². The van der Waals surface area contributed by atoms with Gasteiger partial charge in [-0.1, -0.05) is 72.4 Å². The summed E-state index contributed by atoms with van der Waals surface area (Å²) in [5.41, 5.74) is 2.63. The first-order valence-electron chi connectivity index (χ1n) is 9.89. The molecule has 0 saturated heterocycles. The van der Waals surface area contributed by atoms with Crippen LogP contribution in [-0.4, -0.2) is 29.3 Å². The summed E-state index contributed by atoms with van der Waals surface area (Å²) in [5, 5.41) is 3.86. The van der Waals surface area contributed by atoms with E-state index in [2.05, 4.69) is 12.2 Å². The molecule has 0 bridgehead atoms. The van der Waals surface area contributed by atoms with Crippen molar-refractivity contribution < 1.29 is 9.59 Å². The summed E-state index contributed by atoms with van der Waals surface area (Å²) in [6, 6.07) is 12.4. The Hall–Kier alpha value is -2.04. The van der Waals surface area contributed by atoms with Gasteiger partial charge in [-0.05, 0) is 38.0 Å². The molecule has 6 heteroatoms. The lowest BCUT2D eigenvalue weighted by Crippen LogP contribution is -2.48. The van der Waals surface area contributed by atoms with Gasteiger partial charge in [-0.3, -0.25) is 9.59 Å². The van der Waals surface area contributed by atoms with Gasteiger partial charge in [-0.2, -0.15) is 0 Å². The van der Waals surface area contributed by atoms with Crippen molar-refractivity contribution in [3.8, 4) is 0 Å². The number of nitrogens with zero attached hydrogens (tertiary/aromatic N) is 1. The standard InChI is InChI=1S/C23H28Cl2N2O2/c1-4-5-12-26-23(29)17(3)27(15-19-20(24)10-7-11-21(19)25)22(28)14-18-9-6-8-16(2)13-18/h6-11,13,17H,4-5,12,14-15H2,1-3H3,(H,26,29). The minimum atomic E-state index is -0.642. The number of aryl methyl sites for hydroxylation is 1. The second-order valence-electron chi connectivity index (χ2n) is 7.21. The van der Waals surface area contributed by atoms with Gasteiger partial charge in [-0.25, -0.2) is 0 Å². The second kappa shape index (κ2) is 11.2. The molecule has 1 unspecified atom stereocenters. The van der Waals surface area contributed by atoms with Crippen LogP contribution in [0.2, 0.25) is 10.0 Å². The van der Waals surface area contributed by atoms with Crippen LogP contribution in [0.25, 0.3) is 0 Å². The van der Waals surface area contributed by atoms with Gasteiger partial charge in [0.05, 0.1) is 6.42 Å². The maximum atomic E-state index is 13.2. The van der Waals surface area contributed by atoms with E-state index in [9.17, 15) is 9.59 Å². The SMILES string of the molecule is CCCCNC(=O)C(C)N(Cc1c(Cl)cccc1Cl)C(=O)Cc1cccc(C)c1. The molecule has 0 spiro atoms. The number of hydrogen-bond donors (Lipinski definition) is 1. The summed E-state index contributed by atoms with van der Waals surface area (Å²) in [7, 11) is 0. The zero-order valence-corrected chi connectivity index (χ0v) is 18.7. The van der Waals surface area contributed by atoms with Crippen LogP contribution >= 0.6 is 23.2 Å². The van der Waals surface area contributed by atoms with Crippen LogP contribution in [0.15, 0.2) is 42.5 Å². The largest absolute Gasteiger partial charge is 0.354 e. The van der Waals surface area contributed by atoms with Gasteiger partial charge in [0.15, 0.2) is 0 Å². The fourth-order valence-electron chi connectivity index (χ4n) is 3.07. The molecule has 156 valence electrons. The molecular weight excluding hydrogens is 407 g/mol. The van der Waals surface area contributed by atoms with Crippen molar-refractivity contribution in [1.29, 1.82) is 0 Å². The molecule has 0 aliphatic carbocycles. The van der Waals surface area contributed by atoms with Gasteiger partial charge in [0.2, 0.25) is 11.8 Å². The number of amides is 2. The number of halogens is 2. The predicted octanol–water partition coefficient (Wildman–Crippen LogP) is 5.18. The number of nitrogens with one attached hydrogen (secondary N) is 1. The third kappa shape index (κ3) is 6.76. The third-order valence-electron chi connectivity index (χ3n) is 4.82. The van der Waals surface area contributed by atoms with Gasteiger partial charge in [0.1, 0.15) is 6.04 Å². The smallest absolute Gasteiger partial charge is 0.242 e. The van der Waals surface area contributed by atoms with E-state index in [-0.39, 0.29) is 24.8 Å². The summed E-state index contributed by atoms with van der Waals surface area (Å²) < 4.78 is 0. The average Bonchev–Trinajstić information content (AvgIpc) is 2.67. The summed E-state index contributed by atoms with van der Waals surface area (Å²) in [4.78, 5) is 27.4. The molecular formula is C23H28Cl2N2O2. The first-order chi connectivity index (χ1) is 13.8. The van der Waals surface area contributed by atoms with Crippen LogP contribution in [0.1, 0.15) is 43.4 Å². The van der Waals surface area contributed by atoms with E-state index >= 15 is 0 Å². The predicted molar refractivity (Wildman–Crippen MR) is 119 cm³/mol. The summed E-state index contributed by atoms with van der Waals surface area (Å²) in [6.45, 7) is 6.55. The topological polar surface area (TPSA) is 49.4 Å². The molecule has 1 N–H and O–H groups in total. The highest BCUT2D eigenvalue weighted by Crippen LogP contribution is 2.27. The Labute approximate surface area is 183 Å². The van der Waals surface area contributed by atoms with Crippen molar-refractivity contribution in [2.24, 2.45) is 0 Å². The van der Waals surface area contributed by atoms with Crippen LogP contribution in [0.5, 0.6) is 0 Å². The normalized spacial score (nSPS) is 11.8. The molecule has 2 aromatic rings. The fraction of sp³-hybridized carbons (Fsp3) is 0.391. The summed E-state index contributed by atoms with van der Waals surface area (Å²) >= 11 is 12.6. The monoisotopic (exact) mass is 434 g/mol. The maximum absolute atomic E-state index is 13.2. The number of unbranched alkanes of at least 4 members (excludes halogenated alkanes) is 1. The minimum Gasteiger partial charge on any atom is -0.354 e. The zero-order chi connectivity index (χ0) is 21.4. The van der Waals surface area contributed by atoms with E-state index in [0.29, 0.717) is 22.2 Å². The van der Waals surface area contributed by atoms with Crippen molar-refractivity contribution in [2.45, 2.75) is 52.6 Å². The first-order valence-corrected chi connectivity index (χ1v) is 10.6.